The number of carbonyl (C=O) groups excluding carboxylic acids is 2. The van der Waals surface area contributed by atoms with E-state index in [1.165, 1.54) is 32.3 Å². The van der Waals surface area contributed by atoms with Crippen LogP contribution in [0.2, 0.25) is 0 Å². The van der Waals surface area contributed by atoms with E-state index in [9.17, 15) is 19.8 Å². The maximum Gasteiger partial charge on any atom is 0.216 e. The SMILES string of the molecule is CC(=O)NCCC(O)C(O)c1cncc(C(C)=O)c1. The van der Waals surface area contributed by atoms with Crippen molar-refractivity contribution in [2.45, 2.75) is 32.5 Å². The Hall–Kier alpha value is -1.79. The minimum absolute atomic E-state index is 0.158. The molecular formula is C13H18N2O4. The number of aromatic nitrogens is 1. The quantitative estimate of drug-likeness (QED) is 0.639. The van der Waals surface area contributed by atoms with Gasteiger partial charge in [0.15, 0.2) is 5.78 Å². The van der Waals surface area contributed by atoms with Gasteiger partial charge < -0.3 is 15.5 Å². The van der Waals surface area contributed by atoms with Gasteiger partial charge in [0.25, 0.3) is 0 Å². The van der Waals surface area contributed by atoms with Gasteiger partial charge in [0, 0.05) is 37.0 Å². The van der Waals surface area contributed by atoms with Gasteiger partial charge in [0.1, 0.15) is 6.10 Å². The molecule has 2 unspecified atom stereocenters. The van der Waals surface area contributed by atoms with E-state index in [4.69, 9.17) is 0 Å². The Labute approximate surface area is 111 Å². The van der Waals surface area contributed by atoms with Crippen molar-refractivity contribution in [1.82, 2.24) is 10.3 Å². The average Bonchev–Trinajstić information content (AvgIpc) is 2.37. The van der Waals surface area contributed by atoms with Crippen molar-refractivity contribution >= 4 is 11.7 Å². The lowest BCUT2D eigenvalue weighted by Gasteiger charge is -2.18. The molecule has 1 amide bonds. The lowest BCUT2D eigenvalue weighted by atomic mass is 10.0. The van der Waals surface area contributed by atoms with Crippen LogP contribution in [0.25, 0.3) is 0 Å². The topological polar surface area (TPSA) is 99.5 Å². The van der Waals surface area contributed by atoms with E-state index in [1.807, 2.05) is 0 Å². The zero-order valence-electron chi connectivity index (χ0n) is 11.0. The van der Waals surface area contributed by atoms with Gasteiger partial charge in [-0.3, -0.25) is 14.6 Å². The number of rotatable bonds is 6. The lowest BCUT2D eigenvalue weighted by molar-refractivity contribution is -0.119. The number of amides is 1. The third-order valence-corrected chi connectivity index (χ3v) is 2.69. The Bertz CT molecular complexity index is 462. The average molecular weight is 266 g/mol. The van der Waals surface area contributed by atoms with Gasteiger partial charge in [-0.2, -0.15) is 0 Å². The molecule has 0 saturated carbocycles. The van der Waals surface area contributed by atoms with Crippen LogP contribution in [0.1, 0.15) is 42.3 Å². The first-order valence-electron chi connectivity index (χ1n) is 5.98. The molecule has 0 aliphatic rings. The highest BCUT2D eigenvalue weighted by atomic mass is 16.3. The second-order valence-electron chi connectivity index (χ2n) is 4.35. The van der Waals surface area contributed by atoms with Gasteiger partial charge in [-0.05, 0) is 19.4 Å². The van der Waals surface area contributed by atoms with Crippen LogP contribution in [-0.4, -0.2) is 39.5 Å². The molecule has 0 bridgehead atoms. The van der Waals surface area contributed by atoms with Gasteiger partial charge in [0.2, 0.25) is 5.91 Å². The predicted octanol–water partition coefficient (Wildman–Crippen LogP) is 0.205. The molecule has 0 radical (unpaired) electrons. The van der Waals surface area contributed by atoms with E-state index in [-0.39, 0.29) is 24.7 Å². The molecule has 19 heavy (non-hydrogen) atoms. The molecular weight excluding hydrogens is 248 g/mol. The summed E-state index contributed by atoms with van der Waals surface area (Å²) in [6.45, 7) is 3.05. The van der Waals surface area contributed by atoms with Gasteiger partial charge >= 0.3 is 0 Å². The summed E-state index contributed by atoms with van der Waals surface area (Å²) in [5.41, 5.74) is 0.758. The normalized spacial score (nSPS) is 13.7. The van der Waals surface area contributed by atoms with E-state index in [1.54, 1.807) is 0 Å². The number of aliphatic hydroxyl groups excluding tert-OH is 2. The van der Waals surface area contributed by atoms with Crippen molar-refractivity contribution in [3.05, 3.63) is 29.6 Å². The lowest BCUT2D eigenvalue weighted by Crippen LogP contribution is -2.27. The highest BCUT2D eigenvalue weighted by molar-refractivity contribution is 5.93. The molecule has 0 saturated heterocycles. The first-order valence-corrected chi connectivity index (χ1v) is 5.98. The van der Waals surface area contributed by atoms with Crippen molar-refractivity contribution in [2.75, 3.05) is 6.54 Å². The molecule has 2 atom stereocenters. The highest BCUT2D eigenvalue weighted by Crippen LogP contribution is 2.19. The number of aliphatic hydroxyl groups is 2. The molecule has 0 aliphatic heterocycles. The fraction of sp³-hybridized carbons (Fsp3) is 0.462. The van der Waals surface area contributed by atoms with Crippen molar-refractivity contribution in [3.63, 3.8) is 0 Å². The summed E-state index contributed by atoms with van der Waals surface area (Å²) < 4.78 is 0. The maximum atomic E-state index is 11.2. The first-order chi connectivity index (χ1) is 8.91. The van der Waals surface area contributed by atoms with Crippen LogP contribution in [0.15, 0.2) is 18.5 Å². The highest BCUT2D eigenvalue weighted by Gasteiger charge is 2.19. The number of Topliss-reactive ketones (excluding diaryl/α,β-unsaturated/α-hetero) is 1. The monoisotopic (exact) mass is 266 g/mol. The molecule has 104 valence electrons. The number of carbonyl (C=O) groups is 2. The summed E-state index contributed by atoms with van der Waals surface area (Å²) in [6, 6.07) is 1.50. The van der Waals surface area contributed by atoms with Crippen LogP contribution >= 0.6 is 0 Å². The number of nitrogens with one attached hydrogen (secondary N) is 1. The maximum absolute atomic E-state index is 11.2. The molecule has 0 aromatic carbocycles. The molecule has 3 N–H and O–H groups in total. The second-order valence-corrected chi connectivity index (χ2v) is 4.35. The number of pyridine rings is 1. The third kappa shape index (κ3) is 4.76. The summed E-state index contributed by atoms with van der Waals surface area (Å²) >= 11 is 0. The van der Waals surface area contributed by atoms with Crippen molar-refractivity contribution in [1.29, 1.82) is 0 Å². The molecule has 6 nitrogen and oxygen atoms in total. The number of ketones is 1. The second kappa shape index (κ2) is 6.96. The molecule has 0 spiro atoms. The predicted molar refractivity (Wildman–Crippen MR) is 68.5 cm³/mol. The Balaban J connectivity index is 2.65. The molecule has 0 fully saturated rings. The summed E-state index contributed by atoms with van der Waals surface area (Å²) in [4.78, 5) is 25.7. The summed E-state index contributed by atoms with van der Waals surface area (Å²) in [5.74, 6) is -0.351. The Morgan fingerprint density at radius 3 is 2.58 bits per heavy atom. The number of nitrogens with zero attached hydrogens (tertiary/aromatic N) is 1. The Morgan fingerprint density at radius 1 is 1.32 bits per heavy atom. The van der Waals surface area contributed by atoms with Crippen molar-refractivity contribution in [3.8, 4) is 0 Å². The van der Waals surface area contributed by atoms with Crippen LogP contribution in [0.5, 0.6) is 0 Å². The van der Waals surface area contributed by atoms with E-state index in [2.05, 4.69) is 10.3 Å². The smallest absolute Gasteiger partial charge is 0.216 e. The molecule has 1 rings (SSSR count). The van der Waals surface area contributed by atoms with Crippen molar-refractivity contribution < 1.29 is 19.8 Å². The van der Waals surface area contributed by atoms with E-state index < -0.39 is 12.2 Å². The molecule has 1 heterocycles. The summed E-state index contributed by atoms with van der Waals surface area (Å²) in [5, 5.41) is 22.3. The largest absolute Gasteiger partial charge is 0.390 e. The number of hydrogen-bond donors (Lipinski definition) is 3. The minimum Gasteiger partial charge on any atom is -0.390 e. The molecule has 6 heteroatoms. The standard InChI is InChI=1S/C13H18N2O4/c1-8(16)10-5-11(7-14-6-10)13(19)12(18)3-4-15-9(2)17/h5-7,12-13,18-19H,3-4H2,1-2H3,(H,15,17). The Kier molecular flexibility index (Phi) is 5.59. The van der Waals surface area contributed by atoms with Crippen LogP contribution in [0.3, 0.4) is 0 Å². The fourth-order valence-electron chi connectivity index (χ4n) is 1.59. The minimum atomic E-state index is -1.14. The van der Waals surface area contributed by atoms with E-state index >= 15 is 0 Å². The zero-order chi connectivity index (χ0) is 14.4. The van der Waals surface area contributed by atoms with Gasteiger partial charge in [-0.1, -0.05) is 0 Å². The van der Waals surface area contributed by atoms with Crippen LogP contribution in [0, 0.1) is 0 Å². The molecule has 0 aliphatic carbocycles. The number of hydrogen-bond acceptors (Lipinski definition) is 5. The van der Waals surface area contributed by atoms with Gasteiger partial charge in [0.05, 0.1) is 6.10 Å². The fourth-order valence-corrected chi connectivity index (χ4v) is 1.59. The first kappa shape index (κ1) is 15.3. The van der Waals surface area contributed by atoms with E-state index in [0.29, 0.717) is 11.1 Å². The van der Waals surface area contributed by atoms with Gasteiger partial charge in [-0.25, -0.2) is 0 Å². The van der Waals surface area contributed by atoms with Crippen LogP contribution in [0.4, 0.5) is 0 Å². The van der Waals surface area contributed by atoms with E-state index in [0.717, 1.165) is 0 Å². The molecule has 1 aromatic heterocycles. The van der Waals surface area contributed by atoms with Crippen molar-refractivity contribution in [2.24, 2.45) is 0 Å². The summed E-state index contributed by atoms with van der Waals surface area (Å²) in [6.07, 6.45) is 0.850. The van der Waals surface area contributed by atoms with Crippen LogP contribution in [-0.2, 0) is 4.79 Å². The molecule has 1 aromatic rings. The summed E-state index contributed by atoms with van der Waals surface area (Å²) in [7, 11) is 0. The third-order valence-electron chi connectivity index (χ3n) is 2.69. The zero-order valence-corrected chi connectivity index (χ0v) is 11.0. The Morgan fingerprint density at radius 2 is 2.00 bits per heavy atom. The van der Waals surface area contributed by atoms with Gasteiger partial charge in [-0.15, -0.1) is 0 Å². The van der Waals surface area contributed by atoms with Crippen LogP contribution < -0.4 is 5.32 Å².